The fourth-order valence-electron chi connectivity index (χ4n) is 1.99. The number of ether oxygens (including phenoxy) is 1. The second-order valence-corrected chi connectivity index (χ2v) is 6.07. The van der Waals surface area contributed by atoms with E-state index in [0.29, 0.717) is 11.6 Å². The van der Waals surface area contributed by atoms with Gasteiger partial charge in [0.2, 0.25) is 5.88 Å². The van der Waals surface area contributed by atoms with E-state index in [9.17, 15) is 0 Å². The highest BCUT2D eigenvalue weighted by Crippen LogP contribution is 2.22. The van der Waals surface area contributed by atoms with Crippen molar-refractivity contribution in [1.82, 2.24) is 15.0 Å². The van der Waals surface area contributed by atoms with Crippen molar-refractivity contribution in [2.24, 2.45) is 0 Å². The lowest BCUT2D eigenvalue weighted by Crippen LogP contribution is -2.24. The molecule has 23 heavy (non-hydrogen) atoms. The van der Waals surface area contributed by atoms with E-state index < -0.39 is 0 Å². The van der Waals surface area contributed by atoms with Crippen molar-refractivity contribution in [3.8, 4) is 17.7 Å². The number of pyridine rings is 1. The Kier molecular flexibility index (Phi) is 3.94. The first-order valence-corrected chi connectivity index (χ1v) is 7.39. The van der Waals surface area contributed by atoms with Gasteiger partial charge in [0.05, 0.1) is 11.0 Å². The van der Waals surface area contributed by atoms with Crippen LogP contribution in [0, 0.1) is 11.8 Å². The number of para-hydroxylation sites is 2. The van der Waals surface area contributed by atoms with Gasteiger partial charge in [0.15, 0.2) is 5.69 Å². The van der Waals surface area contributed by atoms with Crippen LogP contribution < -0.4 is 4.74 Å². The van der Waals surface area contributed by atoms with Gasteiger partial charge >= 0.3 is 0 Å². The minimum absolute atomic E-state index is 0.373. The first-order chi connectivity index (χ1) is 11.0. The van der Waals surface area contributed by atoms with Gasteiger partial charge in [-0.05, 0) is 51.0 Å². The Hall–Kier alpha value is -2.93. The van der Waals surface area contributed by atoms with Crippen molar-refractivity contribution in [3.05, 3.63) is 60.0 Å². The van der Waals surface area contributed by atoms with Crippen LogP contribution in [0.5, 0.6) is 5.88 Å². The topological polar surface area (TPSA) is 47.9 Å². The highest BCUT2D eigenvalue weighted by molar-refractivity contribution is 5.75. The van der Waals surface area contributed by atoms with Gasteiger partial charge in [0, 0.05) is 18.0 Å². The number of hydrogen-bond acceptors (Lipinski definition) is 4. The molecule has 2 heterocycles. The van der Waals surface area contributed by atoms with E-state index in [2.05, 4.69) is 26.8 Å². The number of fused-ring (bicyclic) bond motifs is 1. The van der Waals surface area contributed by atoms with Crippen LogP contribution in [0.4, 0.5) is 0 Å². The molecule has 0 aliphatic heterocycles. The normalized spacial score (nSPS) is 10.9. The Morgan fingerprint density at radius 2 is 1.65 bits per heavy atom. The monoisotopic (exact) mass is 303 g/mol. The van der Waals surface area contributed by atoms with Crippen LogP contribution in [0.1, 0.15) is 32.0 Å². The van der Waals surface area contributed by atoms with Crippen LogP contribution in [-0.4, -0.2) is 20.6 Å². The molecule has 0 aliphatic carbocycles. The predicted octanol–water partition coefficient (Wildman–Crippen LogP) is 3.60. The zero-order valence-corrected chi connectivity index (χ0v) is 13.4. The largest absolute Gasteiger partial charge is 0.470 e. The second kappa shape index (κ2) is 6.05. The van der Waals surface area contributed by atoms with Crippen molar-refractivity contribution in [2.75, 3.05) is 0 Å². The first-order valence-electron chi connectivity index (χ1n) is 7.39. The third-order valence-electron chi connectivity index (χ3n) is 2.93. The summed E-state index contributed by atoms with van der Waals surface area (Å²) in [5.74, 6) is 6.56. The summed E-state index contributed by atoms with van der Waals surface area (Å²) >= 11 is 0. The lowest BCUT2D eigenvalue weighted by molar-refractivity contribution is 0.123. The molecular formula is C19H17N3O. The molecule has 114 valence electrons. The average Bonchev–Trinajstić information content (AvgIpc) is 2.52. The Bertz CT molecular complexity index is 887. The summed E-state index contributed by atoms with van der Waals surface area (Å²) in [6, 6.07) is 11.4. The molecule has 0 atom stereocenters. The van der Waals surface area contributed by atoms with Gasteiger partial charge in [0.1, 0.15) is 5.60 Å². The van der Waals surface area contributed by atoms with Gasteiger partial charge in [-0.15, -0.1) is 0 Å². The number of aromatic nitrogens is 3. The second-order valence-electron chi connectivity index (χ2n) is 6.07. The van der Waals surface area contributed by atoms with Gasteiger partial charge in [-0.2, -0.15) is 0 Å². The van der Waals surface area contributed by atoms with Crippen molar-refractivity contribution in [1.29, 1.82) is 0 Å². The van der Waals surface area contributed by atoms with Crippen LogP contribution in [0.15, 0.2) is 48.8 Å². The highest BCUT2D eigenvalue weighted by Gasteiger charge is 2.17. The maximum Gasteiger partial charge on any atom is 0.250 e. The molecule has 0 saturated heterocycles. The number of nitrogens with zero attached hydrogens (tertiary/aromatic N) is 3. The molecule has 0 aliphatic rings. The summed E-state index contributed by atoms with van der Waals surface area (Å²) in [4.78, 5) is 13.2. The van der Waals surface area contributed by atoms with E-state index in [-0.39, 0.29) is 5.60 Å². The Morgan fingerprint density at radius 3 is 2.30 bits per heavy atom. The molecule has 0 bridgehead atoms. The van der Waals surface area contributed by atoms with E-state index in [0.717, 1.165) is 16.6 Å². The summed E-state index contributed by atoms with van der Waals surface area (Å²) in [6.45, 7) is 5.92. The molecule has 0 N–H and O–H groups in total. The summed E-state index contributed by atoms with van der Waals surface area (Å²) in [5.41, 5.74) is 2.57. The van der Waals surface area contributed by atoms with Crippen LogP contribution in [-0.2, 0) is 0 Å². The summed E-state index contributed by atoms with van der Waals surface area (Å²) in [6.07, 6.45) is 3.43. The van der Waals surface area contributed by atoms with E-state index in [1.165, 1.54) is 0 Å². The lowest BCUT2D eigenvalue weighted by atomic mass is 10.2. The Balaban J connectivity index is 2.09. The molecule has 4 heteroatoms. The molecule has 0 spiro atoms. The molecule has 0 saturated carbocycles. The fourth-order valence-corrected chi connectivity index (χ4v) is 1.99. The Labute approximate surface area is 135 Å². The molecule has 0 fully saturated rings. The van der Waals surface area contributed by atoms with Crippen molar-refractivity contribution in [3.63, 3.8) is 0 Å². The SMILES string of the molecule is CC(C)(C)Oc1nc2ccccc2nc1C#Cc1cccnc1. The fraction of sp³-hybridized carbons (Fsp3) is 0.211. The van der Waals surface area contributed by atoms with E-state index in [1.807, 2.05) is 57.2 Å². The number of benzene rings is 1. The molecule has 1 aromatic carbocycles. The van der Waals surface area contributed by atoms with Crippen molar-refractivity contribution in [2.45, 2.75) is 26.4 Å². The van der Waals surface area contributed by atoms with Gasteiger partial charge in [0.25, 0.3) is 0 Å². The molecule has 3 rings (SSSR count). The summed E-state index contributed by atoms with van der Waals surface area (Å²) < 4.78 is 5.94. The standard InChI is InChI=1S/C19H17N3O/c1-19(2,3)23-18-17(11-10-14-7-6-12-20-13-14)21-15-8-4-5-9-16(15)22-18/h4-9,12-13H,1-3H3. The smallest absolute Gasteiger partial charge is 0.250 e. The maximum atomic E-state index is 5.94. The molecular weight excluding hydrogens is 286 g/mol. The molecule has 2 aromatic heterocycles. The lowest BCUT2D eigenvalue weighted by Gasteiger charge is -2.21. The van der Waals surface area contributed by atoms with Gasteiger partial charge < -0.3 is 4.74 Å². The number of rotatable bonds is 1. The molecule has 0 unspecified atom stereocenters. The first kappa shape index (κ1) is 15.0. The van der Waals surface area contributed by atoms with Gasteiger partial charge in [-0.25, -0.2) is 9.97 Å². The van der Waals surface area contributed by atoms with E-state index in [1.54, 1.807) is 12.4 Å². The van der Waals surface area contributed by atoms with E-state index >= 15 is 0 Å². The molecule has 0 radical (unpaired) electrons. The Morgan fingerprint density at radius 1 is 0.913 bits per heavy atom. The molecule has 0 amide bonds. The number of hydrogen-bond donors (Lipinski definition) is 0. The third kappa shape index (κ3) is 3.83. The molecule has 3 aromatic rings. The zero-order chi connectivity index (χ0) is 16.3. The van der Waals surface area contributed by atoms with Crippen molar-refractivity contribution < 1.29 is 4.74 Å². The minimum atomic E-state index is -0.373. The zero-order valence-electron chi connectivity index (χ0n) is 13.4. The van der Waals surface area contributed by atoms with E-state index in [4.69, 9.17) is 4.74 Å². The summed E-state index contributed by atoms with van der Waals surface area (Å²) in [5, 5.41) is 0. The average molecular weight is 303 g/mol. The van der Waals surface area contributed by atoms with Crippen LogP contribution in [0.25, 0.3) is 11.0 Å². The quantitative estimate of drug-likeness (QED) is 0.644. The van der Waals surface area contributed by atoms with Crippen LogP contribution in [0.2, 0.25) is 0 Å². The maximum absolute atomic E-state index is 5.94. The summed E-state index contributed by atoms with van der Waals surface area (Å²) in [7, 11) is 0. The van der Waals surface area contributed by atoms with Crippen LogP contribution >= 0.6 is 0 Å². The highest BCUT2D eigenvalue weighted by atomic mass is 16.5. The predicted molar refractivity (Wildman–Crippen MR) is 90.1 cm³/mol. The van der Waals surface area contributed by atoms with Crippen molar-refractivity contribution >= 4 is 11.0 Å². The third-order valence-corrected chi connectivity index (χ3v) is 2.93. The van der Waals surface area contributed by atoms with Gasteiger partial charge in [-0.3, -0.25) is 4.98 Å². The van der Waals surface area contributed by atoms with Gasteiger partial charge in [-0.1, -0.05) is 18.1 Å². The van der Waals surface area contributed by atoms with Crippen LogP contribution in [0.3, 0.4) is 0 Å². The molecule has 4 nitrogen and oxygen atoms in total. The minimum Gasteiger partial charge on any atom is -0.470 e.